The van der Waals surface area contributed by atoms with E-state index < -0.39 is 0 Å². The summed E-state index contributed by atoms with van der Waals surface area (Å²) in [6, 6.07) is 0. The van der Waals surface area contributed by atoms with Gasteiger partial charge in [0.2, 0.25) is 0 Å². The molecule has 0 spiro atoms. The third-order valence-electron chi connectivity index (χ3n) is 2.15. The number of nitrogens with zero attached hydrogens (tertiary/aromatic N) is 2. The highest BCUT2D eigenvalue weighted by Crippen LogP contribution is 2.25. The highest BCUT2D eigenvalue weighted by atomic mass is 127. The molecule has 14 heavy (non-hydrogen) atoms. The molecule has 0 radical (unpaired) electrons. The van der Waals surface area contributed by atoms with E-state index in [-0.39, 0.29) is 24.0 Å². The SMILES string of the molecule is CN=C(NCC1CCCS1)N(C)C.I. The van der Waals surface area contributed by atoms with Crippen LogP contribution in [0.25, 0.3) is 0 Å². The van der Waals surface area contributed by atoms with E-state index in [1.165, 1.54) is 18.6 Å². The molecule has 1 atom stereocenters. The first-order valence-corrected chi connectivity index (χ1v) is 5.78. The van der Waals surface area contributed by atoms with Gasteiger partial charge in [0.05, 0.1) is 0 Å². The monoisotopic (exact) mass is 329 g/mol. The van der Waals surface area contributed by atoms with E-state index in [0.29, 0.717) is 0 Å². The Morgan fingerprint density at radius 3 is 2.71 bits per heavy atom. The van der Waals surface area contributed by atoms with Gasteiger partial charge in [0.1, 0.15) is 0 Å². The summed E-state index contributed by atoms with van der Waals surface area (Å²) in [7, 11) is 5.85. The molecule has 1 aliphatic rings. The lowest BCUT2D eigenvalue weighted by Crippen LogP contribution is -2.39. The molecule has 1 fully saturated rings. The smallest absolute Gasteiger partial charge is 0.193 e. The molecule has 5 heteroatoms. The minimum absolute atomic E-state index is 0. The van der Waals surface area contributed by atoms with Crippen LogP contribution in [0.15, 0.2) is 4.99 Å². The Bertz CT molecular complexity index is 179. The van der Waals surface area contributed by atoms with Crippen molar-refractivity contribution in [3.63, 3.8) is 0 Å². The average molecular weight is 329 g/mol. The lowest BCUT2D eigenvalue weighted by molar-refractivity contribution is 0.578. The number of rotatable bonds is 2. The van der Waals surface area contributed by atoms with Gasteiger partial charge in [0.15, 0.2) is 5.96 Å². The van der Waals surface area contributed by atoms with Gasteiger partial charge in [-0.25, -0.2) is 0 Å². The van der Waals surface area contributed by atoms with Crippen LogP contribution in [-0.2, 0) is 0 Å². The van der Waals surface area contributed by atoms with Crippen molar-refractivity contribution in [2.45, 2.75) is 18.1 Å². The van der Waals surface area contributed by atoms with Crippen molar-refractivity contribution >= 4 is 41.7 Å². The van der Waals surface area contributed by atoms with Crippen LogP contribution in [0.1, 0.15) is 12.8 Å². The molecular formula is C9H20IN3S. The van der Waals surface area contributed by atoms with Crippen molar-refractivity contribution < 1.29 is 0 Å². The molecule has 0 saturated carbocycles. The largest absolute Gasteiger partial charge is 0.355 e. The van der Waals surface area contributed by atoms with Crippen LogP contribution in [0, 0.1) is 0 Å². The van der Waals surface area contributed by atoms with Crippen molar-refractivity contribution in [1.29, 1.82) is 0 Å². The summed E-state index contributed by atoms with van der Waals surface area (Å²) in [5.41, 5.74) is 0. The van der Waals surface area contributed by atoms with Crippen LogP contribution in [0.4, 0.5) is 0 Å². The van der Waals surface area contributed by atoms with Crippen LogP contribution in [0.2, 0.25) is 0 Å². The average Bonchev–Trinajstić information content (AvgIpc) is 2.57. The number of nitrogens with one attached hydrogen (secondary N) is 1. The predicted molar refractivity (Wildman–Crippen MR) is 75.9 cm³/mol. The third kappa shape index (κ3) is 4.72. The van der Waals surface area contributed by atoms with Gasteiger partial charge >= 0.3 is 0 Å². The van der Waals surface area contributed by atoms with Crippen LogP contribution in [0.5, 0.6) is 0 Å². The van der Waals surface area contributed by atoms with E-state index >= 15 is 0 Å². The van der Waals surface area contributed by atoms with E-state index in [1.54, 1.807) is 0 Å². The maximum atomic E-state index is 4.17. The maximum Gasteiger partial charge on any atom is 0.193 e. The van der Waals surface area contributed by atoms with Gasteiger partial charge in [-0.2, -0.15) is 11.8 Å². The van der Waals surface area contributed by atoms with Crippen molar-refractivity contribution in [3.8, 4) is 0 Å². The Labute approximate surface area is 108 Å². The summed E-state index contributed by atoms with van der Waals surface area (Å²) in [5, 5.41) is 4.15. The van der Waals surface area contributed by atoms with Crippen LogP contribution < -0.4 is 5.32 Å². The molecule has 0 aromatic carbocycles. The molecule has 1 aliphatic heterocycles. The van der Waals surface area contributed by atoms with Crippen molar-refractivity contribution in [3.05, 3.63) is 0 Å². The first-order valence-electron chi connectivity index (χ1n) is 4.73. The molecule has 1 unspecified atom stereocenters. The normalized spacial score (nSPS) is 21.6. The van der Waals surface area contributed by atoms with Gasteiger partial charge in [-0.1, -0.05) is 0 Å². The Balaban J connectivity index is 0.00000169. The summed E-state index contributed by atoms with van der Waals surface area (Å²) in [5.74, 6) is 2.31. The molecule has 0 aromatic rings. The van der Waals surface area contributed by atoms with Gasteiger partial charge < -0.3 is 10.2 Å². The molecule has 0 bridgehead atoms. The van der Waals surface area contributed by atoms with E-state index in [1.807, 2.05) is 26.0 Å². The second-order valence-electron chi connectivity index (χ2n) is 3.46. The number of aliphatic imine (C=N–C) groups is 1. The molecule has 0 aliphatic carbocycles. The second kappa shape index (κ2) is 7.62. The van der Waals surface area contributed by atoms with E-state index in [9.17, 15) is 0 Å². The quantitative estimate of drug-likeness (QED) is 0.474. The molecular weight excluding hydrogens is 309 g/mol. The molecule has 1 saturated heterocycles. The number of hydrogen-bond donors (Lipinski definition) is 1. The highest BCUT2D eigenvalue weighted by Gasteiger charge is 2.15. The first-order chi connectivity index (χ1) is 6.24. The Kier molecular flexibility index (Phi) is 7.81. The van der Waals surface area contributed by atoms with Gasteiger partial charge in [0.25, 0.3) is 0 Å². The number of guanidine groups is 1. The topological polar surface area (TPSA) is 27.6 Å². The van der Waals surface area contributed by atoms with Gasteiger partial charge in [-0.05, 0) is 18.6 Å². The molecule has 1 rings (SSSR count). The zero-order chi connectivity index (χ0) is 9.68. The van der Waals surface area contributed by atoms with Gasteiger partial charge in [0, 0.05) is 32.9 Å². The molecule has 3 nitrogen and oxygen atoms in total. The van der Waals surface area contributed by atoms with Crippen molar-refractivity contribution in [2.24, 2.45) is 4.99 Å². The maximum absolute atomic E-state index is 4.17. The molecule has 0 amide bonds. The summed E-state index contributed by atoms with van der Waals surface area (Å²) in [4.78, 5) is 6.18. The zero-order valence-corrected chi connectivity index (χ0v) is 12.3. The van der Waals surface area contributed by atoms with Crippen LogP contribution >= 0.6 is 35.7 Å². The Morgan fingerprint density at radius 2 is 2.29 bits per heavy atom. The third-order valence-corrected chi connectivity index (χ3v) is 3.55. The van der Waals surface area contributed by atoms with Crippen LogP contribution in [0.3, 0.4) is 0 Å². The van der Waals surface area contributed by atoms with E-state index in [0.717, 1.165) is 17.8 Å². The molecule has 0 aromatic heterocycles. The fourth-order valence-corrected chi connectivity index (χ4v) is 2.65. The number of halogens is 1. The second-order valence-corrected chi connectivity index (χ2v) is 4.87. The Morgan fingerprint density at radius 1 is 1.57 bits per heavy atom. The van der Waals surface area contributed by atoms with E-state index in [2.05, 4.69) is 22.1 Å². The van der Waals surface area contributed by atoms with E-state index in [4.69, 9.17) is 0 Å². The van der Waals surface area contributed by atoms with Crippen LogP contribution in [-0.4, -0.2) is 49.6 Å². The van der Waals surface area contributed by atoms with Gasteiger partial charge in [-0.15, -0.1) is 24.0 Å². The zero-order valence-electron chi connectivity index (χ0n) is 9.12. The first kappa shape index (κ1) is 14.3. The van der Waals surface area contributed by atoms with Gasteiger partial charge in [-0.3, -0.25) is 4.99 Å². The summed E-state index contributed by atoms with van der Waals surface area (Å²) in [6.45, 7) is 1.05. The summed E-state index contributed by atoms with van der Waals surface area (Å²) >= 11 is 2.07. The molecule has 84 valence electrons. The predicted octanol–water partition coefficient (Wildman–Crippen LogP) is 1.64. The minimum atomic E-state index is 0. The molecule has 1 heterocycles. The fraction of sp³-hybridized carbons (Fsp3) is 0.889. The molecule has 1 N–H and O–H groups in total. The standard InChI is InChI=1S/C9H19N3S.HI/c1-10-9(12(2)3)11-7-8-5-4-6-13-8;/h8H,4-7H2,1-3H3,(H,10,11);1H. The summed E-state index contributed by atoms with van der Waals surface area (Å²) in [6.07, 6.45) is 2.72. The Hall–Kier alpha value is 0.350. The number of thioether (sulfide) groups is 1. The highest BCUT2D eigenvalue weighted by molar-refractivity contribution is 14.0. The van der Waals surface area contributed by atoms with Crippen molar-refractivity contribution in [1.82, 2.24) is 10.2 Å². The van der Waals surface area contributed by atoms with Crippen molar-refractivity contribution in [2.75, 3.05) is 33.4 Å². The fourth-order valence-electron chi connectivity index (χ4n) is 1.45. The minimum Gasteiger partial charge on any atom is -0.355 e. The number of hydrogen-bond acceptors (Lipinski definition) is 2. The lowest BCUT2D eigenvalue weighted by atomic mass is 10.2. The lowest BCUT2D eigenvalue weighted by Gasteiger charge is -2.18. The summed E-state index contributed by atoms with van der Waals surface area (Å²) < 4.78 is 0.